The molecular formula is C16H23ClN2O4S. The van der Waals surface area contributed by atoms with Gasteiger partial charge in [0.2, 0.25) is 0 Å². The summed E-state index contributed by atoms with van der Waals surface area (Å²) in [4.78, 5) is 13.9. The van der Waals surface area contributed by atoms with E-state index in [2.05, 4.69) is 5.32 Å². The molecule has 1 aromatic carbocycles. The third-order valence-electron chi connectivity index (χ3n) is 3.57. The van der Waals surface area contributed by atoms with Crippen LogP contribution in [0.5, 0.6) is 0 Å². The van der Waals surface area contributed by atoms with Crippen molar-refractivity contribution in [2.24, 2.45) is 0 Å². The van der Waals surface area contributed by atoms with Gasteiger partial charge in [0.25, 0.3) is 0 Å². The highest BCUT2D eigenvalue weighted by molar-refractivity contribution is 7.90. The second-order valence-electron chi connectivity index (χ2n) is 6.97. The van der Waals surface area contributed by atoms with Crippen LogP contribution < -0.4 is 5.32 Å². The predicted octanol–water partition coefficient (Wildman–Crippen LogP) is 3.16. The molecule has 1 heterocycles. The van der Waals surface area contributed by atoms with E-state index in [9.17, 15) is 13.2 Å². The summed E-state index contributed by atoms with van der Waals surface area (Å²) in [6.45, 7) is 6.54. The number of sulfone groups is 1. The zero-order valence-electron chi connectivity index (χ0n) is 14.3. The quantitative estimate of drug-likeness (QED) is 0.879. The average Bonchev–Trinajstić information content (AvgIpc) is 2.87. The molecule has 0 radical (unpaired) electrons. The van der Waals surface area contributed by atoms with Gasteiger partial charge in [-0.1, -0.05) is 11.6 Å². The molecule has 1 aliphatic heterocycles. The van der Waals surface area contributed by atoms with Gasteiger partial charge in [-0.15, -0.1) is 0 Å². The Kier molecular flexibility index (Phi) is 5.34. The summed E-state index contributed by atoms with van der Waals surface area (Å²) in [5.74, 6) is 0. The van der Waals surface area contributed by atoms with E-state index >= 15 is 0 Å². The molecule has 24 heavy (non-hydrogen) atoms. The van der Waals surface area contributed by atoms with Crippen molar-refractivity contribution < 1.29 is 17.9 Å². The number of likely N-dealkylation sites (tertiary alicyclic amines) is 1. The molecule has 1 unspecified atom stereocenters. The summed E-state index contributed by atoms with van der Waals surface area (Å²) in [5.41, 5.74) is 0.0195. The van der Waals surface area contributed by atoms with Crippen molar-refractivity contribution in [1.29, 1.82) is 0 Å². The van der Waals surface area contributed by atoms with Crippen LogP contribution in [0.2, 0.25) is 5.02 Å². The third kappa shape index (κ3) is 5.01. The lowest BCUT2D eigenvalue weighted by Gasteiger charge is -2.24. The first-order valence-electron chi connectivity index (χ1n) is 7.70. The van der Waals surface area contributed by atoms with Crippen molar-refractivity contribution in [3.63, 3.8) is 0 Å². The molecule has 134 valence electrons. The van der Waals surface area contributed by atoms with Gasteiger partial charge in [0.05, 0.1) is 15.6 Å². The van der Waals surface area contributed by atoms with Gasteiger partial charge in [-0.3, -0.25) is 0 Å². The highest BCUT2D eigenvalue weighted by Crippen LogP contribution is 2.27. The van der Waals surface area contributed by atoms with Gasteiger partial charge < -0.3 is 15.0 Å². The van der Waals surface area contributed by atoms with E-state index in [-0.39, 0.29) is 17.0 Å². The number of nitrogens with zero attached hydrogens (tertiary/aromatic N) is 1. The Bertz CT molecular complexity index is 728. The Morgan fingerprint density at radius 3 is 2.62 bits per heavy atom. The molecular weight excluding hydrogens is 352 g/mol. The number of anilines is 1. The molecule has 0 aromatic heterocycles. The molecule has 8 heteroatoms. The molecule has 1 fully saturated rings. The molecule has 0 saturated carbocycles. The van der Waals surface area contributed by atoms with E-state index in [0.717, 1.165) is 12.7 Å². The number of amides is 1. The SMILES string of the molecule is CC(C)(C)OC(=O)N1CCC(Nc2cc(S(C)(=O)=O)ccc2Cl)C1. The van der Waals surface area contributed by atoms with Crippen molar-refractivity contribution in [1.82, 2.24) is 4.90 Å². The summed E-state index contributed by atoms with van der Waals surface area (Å²) >= 11 is 6.15. The molecule has 1 amide bonds. The molecule has 1 N–H and O–H groups in total. The van der Waals surface area contributed by atoms with Gasteiger partial charge in [0.1, 0.15) is 5.60 Å². The lowest BCUT2D eigenvalue weighted by atomic mass is 10.2. The molecule has 0 bridgehead atoms. The zero-order chi connectivity index (χ0) is 18.1. The Morgan fingerprint density at radius 1 is 1.38 bits per heavy atom. The second-order valence-corrected chi connectivity index (χ2v) is 9.39. The van der Waals surface area contributed by atoms with Crippen LogP contribution in [0.1, 0.15) is 27.2 Å². The fraction of sp³-hybridized carbons (Fsp3) is 0.562. The fourth-order valence-corrected chi connectivity index (χ4v) is 3.26. The maximum absolute atomic E-state index is 12.1. The van der Waals surface area contributed by atoms with E-state index in [4.69, 9.17) is 16.3 Å². The Hall–Kier alpha value is -1.47. The van der Waals surface area contributed by atoms with Gasteiger partial charge in [0.15, 0.2) is 9.84 Å². The summed E-state index contributed by atoms with van der Waals surface area (Å²) < 4.78 is 28.7. The monoisotopic (exact) mass is 374 g/mol. The van der Waals surface area contributed by atoms with Crippen LogP contribution in [-0.4, -0.2) is 50.4 Å². The van der Waals surface area contributed by atoms with Crippen LogP contribution in [0, 0.1) is 0 Å². The van der Waals surface area contributed by atoms with Crippen LogP contribution in [0.4, 0.5) is 10.5 Å². The predicted molar refractivity (Wildman–Crippen MR) is 94.4 cm³/mol. The second kappa shape index (κ2) is 6.80. The summed E-state index contributed by atoms with van der Waals surface area (Å²) in [6, 6.07) is 4.55. The van der Waals surface area contributed by atoms with Crippen LogP contribution in [0.15, 0.2) is 23.1 Å². The van der Waals surface area contributed by atoms with Gasteiger partial charge in [-0.2, -0.15) is 0 Å². The molecule has 1 saturated heterocycles. The lowest BCUT2D eigenvalue weighted by Crippen LogP contribution is -2.36. The lowest BCUT2D eigenvalue weighted by molar-refractivity contribution is 0.0293. The van der Waals surface area contributed by atoms with Crippen LogP contribution in [-0.2, 0) is 14.6 Å². The molecule has 6 nitrogen and oxygen atoms in total. The van der Waals surface area contributed by atoms with Crippen molar-refractivity contribution >= 4 is 33.2 Å². The average molecular weight is 375 g/mol. The third-order valence-corrected chi connectivity index (χ3v) is 5.01. The van der Waals surface area contributed by atoms with Gasteiger partial charge in [-0.25, -0.2) is 13.2 Å². The van der Waals surface area contributed by atoms with E-state index in [1.54, 1.807) is 11.0 Å². The topological polar surface area (TPSA) is 75.7 Å². The summed E-state index contributed by atoms with van der Waals surface area (Å²) in [6.07, 6.45) is 1.54. The van der Waals surface area contributed by atoms with Gasteiger partial charge in [0, 0.05) is 25.4 Å². The Morgan fingerprint density at radius 2 is 2.04 bits per heavy atom. The Balaban J connectivity index is 2.05. The number of carbonyl (C=O) groups excluding carboxylic acids is 1. The first-order valence-corrected chi connectivity index (χ1v) is 9.97. The van der Waals surface area contributed by atoms with Gasteiger partial charge in [-0.05, 0) is 45.4 Å². The molecule has 1 atom stereocenters. The normalized spacial score (nSPS) is 18.5. The van der Waals surface area contributed by atoms with Crippen molar-refractivity contribution in [3.8, 4) is 0 Å². The molecule has 2 rings (SSSR count). The molecule has 0 spiro atoms. The number of hydrogen-bond donors (Lipinski definition) is 1. The molecule has 0 aliphatic carbocycles. The van der Waals surface area contributed by atoms with E-state index < -0.39 is 15.4 Å². The van der Waals surface area contributed by atoms with E-state index in [1.165, 1.54) is 12.1 Å². The summed E-state index contributed by atoms with van der Waals surface area (Å²) in [5, 5.41) is 3.67. The van der Waals surface area contributed by atoms with E-state index in [1.807, 2.05) is 20.8 Å². The first-order chi connectivity index (χ1) is 11.0. The van der Waals surface area contributed by atoms with Crippen molar-refractivity contribution in [2.75, 3.05) is 24.7 Å². The number of benzene rings is 1. The summed E-state index contributed by atoms with van der Waals surface area (Å²) in [7, 11) is -3.30. The molecule has 1 aromatic rings. The minimum atomic E-state index is -3.30. The van der Waals surface area contributed by atoms with E-state index in [0.29, 0.717) is 23.8 Å². The van der Waals surface area contributed by atoms with Crippen LogP contribution in [0.3, 0.4) is 0 Å². The number of ether oxygens (including phenoxy) is 1. The minimum Gasteiger partial charge on any atom is -0.444 e. The number of carbonyl (C=O) groups is 1. The standard InChI is InChI=1S/C16H23ClN2O4S/c1-16(2,3)23-15(20)19-8-7-11(10-19)18-14-9-12(24(4,21)22)5-6-13(14)17/h5-6,9,11,18H,7-8,10H2,1-4H3. The maximum Gasteiger partial charge on any atom is 0.410 e. The first kappa shape index (κ1) is 18.9. The van der Waals surface area contributed by atoms with Gasteiger partial charge >= 0.3 is 6.09 Å². The maximum atomic E-state index is 12.1. The fourth-order valence-electron chi connectivity index (χ4n) is 2.44. The van der Waals surface area contributed by atoms with Crippen LogP contribution in [0.25, 0.3) is 0 Å². The Labute approximate surface area is 148 Å². The van der Waals surface area contributed by atoms with Crippen LogP contribution >= 0.6 is 11.6 Å². The number of halogens is 1. The smallest absolute Gasteiger partial charge is 0.410 e. The minimum absolute atomic E-state index is 0.00942. The molecule has 1 aliphatic rings. The number of hydrogen-bond acceptors (Lipinski definition) is 5. The van der Waals surface area contributed by atoms with Crippen molar-refractivity contribution in [3.05, 3.63) is 23.2 Å². The number of nitrogens with one attached hydrogen (secondary N) is 1. The highest BCUT2D eigenvalue weighted by atomic mass is 35.5. The largest absolute Gasteiger partial charge is 0.444 e. The number of rotatable bonds is 3. The highest BCUT2D eigenvalue weighted by Gasteiger charge is 2.30. The van der Waals surface area contributed by atoms with Crippen molar-refractivity contribution in [2.45, 2.75) is 43.7 Å². The zero-order valence-corrected chi connectivity index (χ0v) is 15.9.